The average Bonchev–Trinajstić information content (AvgIpc) is 2.48. The molecule has 0 bridgehead atoms. The second-order valence-electron chi connectivity index (χ2n) is 6.51. The zero-order chi connectivity index (χ0) is 14.3. The third kappa shape index (κ3) is 3.02. The van der Waals surface area contributed by atoms with Crippen molar-refractivity contribution in [3.8, 4) is 0 Å². The summed E-state index contributed by atoms with van der Waals surface area (Å²) in [5, 5.41) is 0. The molecule has 0 aliphatic carbocycles. The molecule has 3 nitrogen and oxygen atoms in total. The zero-order valence-electron chi connectivity index (χ0n) is 12.6. The van der Waals surface area contributed by atoms with E-state index in [0.29, 0.717) is 0 Å². The fraction of sp³-hybridized carbons (Fsp3) is 0.600. The molecule has 0 spiro atoms. The molecule has 2 N–H and O–H groups in total. The SMILES string of the molecule is CC(N)Cc1ccc(B2OC(C)(C)C(C)(C)O2)cc1. The van der Waals surface area contributed by atoms with E-state index in [0.717, 1.165) is 11.9 Å². The molecule has 19 heavy (non-hydrogen) atoms. The molecule has 0 amide bonds. The predicted molar refractivity (Wildman–Crippen MR) is 79.5 cm³/mol. The highest BCUT2D eigenvalue weighted by molar-refractivity contribution is 6.62. The monoisotopic (exact) mass is 261 g/mol. The highest BCUT2D eigenvalue weighted by Crippen LogP contribution is 2.36. The smallest absolute Gasteiger partial charge is 0.399 e. The van der Waals surface area contributed by atoms with Gasteiger partial charge in [0.25, 0.3) is 0 Å². The van der Waals surface area contributed by atoms with Crippen LogP contribution in [0.5, 0.6) is 0 Å². The van der Waals surface area contributed by atoms with Crippen molar-refractivity contribution in [3.05, 3.63) is 29.8 Å². The van der Waals surface area contributed by atoms with Crippen molar-refractivity contribution in [2.45, 2.75) is 58.3 Å². The second kappa shape index (κ2) is 4.93. The summed E-state index contributed by atoms with van der Waals surface area (Å²) in [5.74, 6) is 0. The van der Waals surface area contributed by atoms with Crippen molar-refractivity contribution in [2.75, 3.05) is 0 Å². The first kappa shape index (κ1) is 14.6. The molecule has 1 fully saturated rings. The Morgan fingerprint density at radius 1 is 1.05 bits per heavy atom. The first-order chi connectivity index (χ1) is 8.71. The third-order valence-corrected chi connectivity index (χ3v) is 4.06. The van der Waals surface area contributed by atoms with E-state index in [4.69, 9.17) is 15.0 Å². The molecule has 1 aliphatic rings. The molecule has 1 atom stereocenters. The second-order valence-corrected chi connectivity index (χ2v) is 6.51. The Kier molecular flexibility index (Phi) is 3.78. The van der Waals surface area contributed by atoms with Gasteiger partial charge in [0.2, 0.25) is 0 Å². The van der Waals surface area contributed by atoms with Crippen LogP contribution >= 0.6 is 0 Å². The number of rotatable bonds is 3. The fourth-order valence-corrected chi connectivity index (χ4v) is 2.16. The highest BCUT2D eigenvalue weighted by Gasteiger charge is 2.51. The van der Waals surface area contributed by atoms with Gasteiger partial charge in [0.05, 0.1) is 11.2 Å². The van der Waals surface area contributed by atoms with Crippen LogP contribution in [0.4, 0.5) is 0 Å². The standard InChI is InChI=1S/C15H24BNO2/c1-11(17)10-12-6-8-13(9-7-12)16-18-14(2,3)15(4,5)19-16/h6-9,11H,10,17H2,1-5H3. The van der Waals surface area contributed by atoms with Crippen LogP contribution in [0.3, 0.4) is 0 Å². The summed E-state index contributed by atoms with van der Waals surface area (Å²) < 4.78 is 12.0. The Morgan fingerprint density at radius 3 is 1.95 bits per heavy atom. The van der Waals surface area contributed by atoms with E-state index in [1.807, 2.05) is 6.92 Å². The summed E-state index contributed by atoms with van der Waals surface area (Å²) in [4.78, 5) is 0. The Morgan fingerprint density at radius 2 is 1.53 bits per heavy atom. The summed E-state index contributed by atoms with van der Waals surface area (Å²) in [7, 11) is -0.283. The first-order valence-corrected chi connectivity index (χ1v) is 6.91. The van der Waals surface area contributed by atoms with Crippen LogP contribution in [0.25, 0.3) is 0 Å². The predicted octanol–water partition coefficient (Wildman–Crippen LogP) is 1.88. The van der Waals surface area contributed by atoms with Crippen LogP contribution < -0.4 is 11.2 Å². The van der Waals surface area contributed by atoms with Gasteiger partial charge in [0.15, 0.2) is 0 Å². The van der Waals surface area contributed by atoms with Gasteiger partial charge >= 0.3 is 7.12 Å². The molecule has 0 aromatic heterocycles. The van der Waals surface area contributed by atoms with Crippen LogP contribution in [0.15, 0.2) is 24.3 Å². The molecule has 1 saturated heterocycles. The van der Waals surface area contributed by atoms with E-state index in [9.17, 15) is 0 Å². The van der Waals surface area contributed by atoms with Crippen LogP contribution in [-0.2, 0) is 15.7 Å². The van der Waals surface area contributed by atoms with E-state index < -0.39 is 0 Å². The molecule has 1 unspecified atom stereocenters. The molecule has 1 aromatic carbocycles. The number of benzene rings is 1. The number of nitrogens with two attached hydrogens (primary N) is 1. The Hall–Kier alpha value is -0.835. The van der Waals surface area contributed by atoms with Gasteiger partial charge in [-0.05, 0) is 52.1 Å². The zero-order valence-corrected chi connectivity index (χ0v) is 12.6. The molecular formula is C15H24BNO2. The molecule has 1 aliphatic heterocycles. The van der Waals surface area contributed by atoms with Crippen molar-refractivity contribution in [2.24, 2.45) is 5.73 Å². The van der Waals surface area contributed by atoms with Crippen LogP contribution in [0.2, 0.25) is 0 Å². The number of hydrogen-bond donors (Lipinski definition) is 1. The van der Waals surface area contributed by atoms with Gasteiger partial charge in [-0.25, -0.2) is 0 Å². The minimum atomic E-state index is -0.290. The van der Waals surface area contributed by atoms with E-state index >= 15 is 0 Å². The fourth-order valence-electron chi connectivity index (χ4n) is 2.16. The van der Waals surface area contributed by atoms with Gasteiger partial charge in [-0.1, -0.05) is 24.3 Å². The van der Waals surface area contributed by atoms with E-state index in [1.165, 1.54) is 5.56 Å². The summed E-state index contributed by atoms with van der Waals surface area (Å²) in [6.45, 7) is 10.3. The lowest BCUT2D eigenvalue weighted by Crippen LogP contribution is -2.41. The van der Waals surface area contributed by atoms with Gasteiger partial charge in [0.1, 0.15) is 0 Å². The lowest BCUT2D eigenvalue weighted by atomic mass is 9.78. The largest absolute Gasteiger partial charge is 0.494 e. The first-order valence-electron chi connectivity index (χ1n) is 6.91. The summed E-state index contributed by atoms with van der Waals surface area (Å²) in [6, 6.07) is 8.52. The molecule has 2 rings (SSSR count). The summed E-state index contributed by atoms with van der Waals surface area (Å²) >= 11 is 0. The Balaban J connectivity index is 2.12. The topological polar surface area (TPSA) is 44.5 Å². The maximum Gasteiger partial charge on any atom is 0.494 e. The lowest BCUT2D eigenvalue weighted by molar-refractivity contribution is 0.00578. The lowest BCUT2D eigenvalue weighted by Gasteiger charge is -2.32. The van der Waals surface area contributed by atoms with Crippen molar-refractivity contribution in [3.63, 3.8) is 0 Å². The molecule has 0 radical (unpaired) electrons. The normalized spacial score (nSPS) is 22.5. The van der Waals surface area contributed by atoms with Gasteiger partial charge in [-0.2, -0.15) is 0 Å². The molecule has 1 aromatic rings. The molecule has 0 saturated carbocycles. The average molecular weight is 261 g/mol. The van der Waals surface area contributed by atoms with Crippen molar-refractivity contribution in [1.29, 1.82) is 0 Å². The summed E-state index contributed by atoms with van der Waals surface area (Å²) in [6.07, 6.45) is 0.893. The van der Waals surface area contributed by atoms with E-state index in [-0.39, 0.29) is 24.4 Å². The van der Waals surface area contributed by atoms with Crippen molar-refractivity contribution < 1.29 is 9.31 Å². The highest BCUT2D eigenvalue weighted by atomic mass is 16.7. The van der Waals surface area contributed by atoms with Gasteiger partial charge in [-0.3, -0.25) is 0 Å². The Labute approximate surface area is 116 Å². The van der Waals surface area contributed by atoms with Crippen LogP contribution in [-0.4, -0.2) is 24.4 Å². The quantitative estimate of drug-likeness (QED) is 0.845. The number of hydrogen-bond acceptors (Lipinski definition) is 3. The van der Waals surface area contributed by atoms with Gasteiger partial charge in [-0.15, -0.1) is 0 Å². The minimum Gasteiger partial charge on any atom is -0.399 e. The van der Waals surface area contributed by atoms with E-state index in [2.05, 4.69) is 52.0 Å². The van der Waals surface area contributed by atoms with Crippen LogP contribution in [0.1, 0.15) is 40.2 Å². The Bertz CT molecular complexity index is 424. The maximum absolute atomic E-state index is 6.02. The van der Waals surface area contributed by atoms with Gasteiger partial charge < -0.3 is 15.0 Å². The van der Waals surface area contributed by atoms with Gasteiger partial charge in [0, 0.05) is 6.04 Å². The van der Waals surface area contributed by atoms with E-state index in [1.54, 1.807) is 0 Å². The third-order valence-electron chi connectivity index (χ3n) is 4.06. The molecule has 104 valence electrons. The molecule has 4 heteroatoms. The minimum absolute atomic E-state index is 0.183. The molecular weight excluding hydrogens is 237 g/mol. The van der Waals surface area contributed by atoms with Crippen LogP contribution in [0, 0.1) is 0 Å². The molecule has 1 heterocycles. The maximum atomic E-state index is 6.02. The summed E-state index contributed by atoms with van der Waals surface area (Å²) in [5.41, 5.74) is 7.53. The van der Waals surface area contributed by atoms with Crippen molar-refractivity contribution in [1.82, 2.24) is 0 Å². The van der Waals surface area contributed by atoms with Crippen molar-refractivity contribution >= 4 is 12.6 Å².